The van der Waals surface area contributed by atoms with Gasteiger partial charge in [0.05, 0.1) is 5.69 Å². The molecular formula is C11H16N2. The average Bonchev–Trinajstić information content (AvgIpc) is 2.01. The highest BCUT2D eigenvalue weighted by Gasteiger charge is 2.22. The Morgan fingerprint density at radius 1 is 1.46 bits per heavy atom. The van der Waals surface area contributed by atoms with Gasteiger partial charge in [-0.25, -0.2) is 0 Å². The third-order valence-corrected chi connectivity index (χ3v) is 2.47. The first-order valence-corrected chi connectivity index (χ1v) is 4.89. The van der Waals surface area contributed by atoms with E-state index in [0.29, 0.717) is 0 Å². The van der Waals surface area contributed by atoms with Crippen LogP contribution in [0.5, 0.6) is 0 Å². The average molecular weight is 176 g/mol. The molecular weight excluding hydrogens is 160 g/mol. The second-order valence-corrected chi connectivity index (χ2v) is 4.07. The lowest BCUT2D eigenvalue weighted by molar-refractivity contribution is 0.103. The van der Waals surface area contributed by atoms with Crippen molar-refractivity contribution in [1.82, 2.24) is 9.88 Å². The zero-order chi connectivity index (χ0) is 9.26. The number of rotatable bonds is 2. The predicted molar refractivity (Wildman–Crippen MR) is 53.4 cm³/mol. The van der Waals surface area contributed by atoms with Gasteiger partial charge in [0.2, 0.25) is 0 Å². The zero-order valence-corrected chi connectivity index (χ0v) is 8.33. The lowest BCUT2D eigenvalue weighted by atomic mass is 10.0. The smallest absolute Gasteiger partial charge is 0.0547 e. The fraction of sp³-hybridized carbons (Fsp3) is 0.545. The van der Waals surface area contributed by atoms with Crippen molar-refractivity contribution >= 4 is 0 Å². The molecule has 0 atom stereocenters. The van der Waals surface area contributed by atoms with Gasteiger partial charge in [0.25, 0.3) is 0 Å². The Kier molecular flexibility index (Phi) is 2.32. The lowest BCUT2D eigenvalue weighted by Gasteiger charge is -2.36. The molecule has 0 N–H and O–H groups in total. The van der Waals surface area contributed by atoms with Crippen LogP contribution < -0.4 is 0 Å². The number of pyridine rings is 1. The molecule has 0 aliphatic carbocycles. The Morgan fingerprint density at radius 2 is 2.23 bits per heavy atom. The molecule has 0 aromatic carbocycles. The van der Waals surface area contributed by atoms with Gasteiger partial charge in [-0.1, -0.05) is 13.0 Å². The molecule has 1 saturated heterocycles. The van der Waals surface area contributed by atoms with Crippen molar-refractivity contribution in [2.75, 3.05) is 13.1 Å². The van der Waals surface area contributed by atoms with E-state index in [-0.39, 0.29) is 0 Å². The lowest BCUT2D eigenvalue weighted by Crippen LogP contribution is -2.44. The molecule has 1 aliphatic rings. The molecule has 1 aromatic rings. The number of nitrogens with zero attached hydrogens (tertiary/aromatic N) is 2. The van der Waals surface area contributed by atoms with Crippen molar-refractivity contribution < 1.29 is 0 Å². The van der Waals surface area contributed by atoms with Crippen LogP contribution in [0.15, 0.2) is 18.2 Å². The van der Waals surface area contributed by atoms with Crippen LogP contribution in [0.3, 0.4) is 0 Å². The number of aryl methyl sites for hydroxylation is 1. The van der Waals surface area contributed by atoms with Gasteiger partial charge in [0.1, 0.15) is 0 Å². The molecule has 2 heterocycles. The highest BCUT2D eigenvalue weighted by Crippen LogP contribution is 2.16. The van der Waals surface area contributed by atoms with Gasteiger partial charge < -0.3 is 0 Å². The molecule has 0 spiro atoms. The van der Waals surface area contributed by atoms with E-state index in [1.807, 2.05) is 13.0 Å². The molecule has 1 aromatic heterocycles. The van der Waals surface area contributed by atoms with Gasteiger partial charge in [0.15, 0.2) is 0 Å². The van der Waals surface area contributed by atoms with E-state index in [1.165, 1.54) is 18.8 Å². The van der Waals surface area contributed by atoms with Crippen molar-refractivity contribution in [2.24, 2.45) is 5.92 Å². The maximum Gasteiger partial charge on any atom is 0.0547 e. The van der Waals surface area contributed by atoms with E-state index >= 15 is 0 Å². The van der Waals surface area contributed by atoms with Crippen LogP contribution in [-0.2, 0) is 6.54 Å². The fourth-order valence-corrected chi connectivity index (χ4v) is 1.87. The second-order valence-electron chi connectivity index (χ2n) is 4.07. The first-order chi connectivity index (χ1) is 6.24. The van der Waals surface area contributed by atoms with E-state index in [4.69, 9.17) is 0 Å². The van der Waals surface area contributed by atoms with E-state index in [1.54, 1.807) is 0 Å². The van der Waals surface area contributed by atoms with Crippen LogP contribution in [0.25, 0.3) is 0 Å². The summed E-state index contributed by atoms with van der Waals surface area (Å²) in [6, 6.07) is 6.24. The first-order valence-electron chi connectivity index (χ1n) is 4.89. The molecule has 0 amide bonds. The summed E-state index contributed by atoms with van der Waals surface area (Å²) in [7, 11) is 0. The van der Waals surface area contributed by atoms with Crippen molar-refractivity contribution in [2.45, 2.75) is 20.4 Å². The summed E-state index contributed by atoms with van der Waals surface area (Å²) in [4.78, 5) is 6.92. The monoisotopic (exact) mass is 176 g/mol. The van der Waals surface area contributed by atoms with Gasteiger partial charge in [-0.05, 0) is 25.0 Å². The summed E-state index contributed by atoms with van der Waals surface area (Å²) < 4.78 is 0. The van der Waals surface area contributed by atoms with Crippen LogP contribution in [0.1, 0.15) is 18.3 Å². The first kappa shape index (κ1) is 8.70. The number of hydrogen-bond donors (Lipinski definition) is 0. The van der Waals surface area contributed by atoms with E-state index in [2.05, 4.69) is 28.9 Å². The molecule has 0 unspecified atom stereocenters. The maximum absolute atomic E-state index is 4.48. The molecule has 0 saturated carbocycles. The largest absolute Gasteiger partial charge is 0.297 e. The van der Waals surface area contributed by atoms with Crippen molar-refractivity contribution in [3.63, 3.8) is 0 Å². The van der Waals surface area contributed by atoms with Crippen molar-refractivity contribution in [1.29, 1.82) is 0 Å². The summed E-state index contributed by atoms with van der Waals surface area (Å²) in [6.45, 7) is 7.82. The zero-order valence-electron chi connectivity index (χ0n) is 8.33. The van der Waals surface area contributed by atoms with Crippen LogP contribution >= 0.6 is 0 Å². The van der Waals surface area contributed by atoms with Crippen molar-refractivity contribution in [3.05, 3.63) is 29.6 Å². The summed E-state index contributed by atoms with van der Waals surface area (Å²) in [5.41, 5.74) is 2.32. The Labute approximate surface area is 79.6 Å². The van der Waals surface area contributed by atoms with Gasteiger partial charge in [-0.3, -0.25) is 9.88 Å². The minimum absolute atomic E-state index is 0.879. The Morgan fingerprint density at radius 3 is 2.85 bits per heavy atom. The van der Waals surface area contributed by atoms with Crippen molar-refractivity contribution in [3.8, 4) is 0 Å². The molecule has 1 aliphatic heterocycles. The molecule has 0 bridgehead atoms. The van der Waals surface area contributed by atoms with Gasteiger partial charge in [-0.2, -0.15) is 0 Å². The van der Waals surface area contributed by atoms with Gasteiger partial charge in [-0.15, -0.1) is 0 Å². The standard InChI is InChI=1S/C11H16N2/c1-9-6-13(7-9)8-11-5-3-4-10(2)12-11/h3-5,9H,6-8H2,1-2H3. The highest BCUT2D eigenvalue weighted by molar-refractivity contribution is 5.10. The number of aromatic nitrogens is 1. The van der Waals surface area contributed by atoms with Gasteiger partial charge >= 0.3 is 0 Å². The summed E-state index contributed by atoms with van der Waals surface area (Å²) >= 11 is 0. The summed E-state index contributed by atoms with van der Waals surface area (Å²) in [5.74, 6) is 0.879. The number of hydrogen-bond acceptors (Lipinski definition) is 2. The third-order valence-electron chi connectivity index (χ3n) is 2.47. The Balaban J connectivity index is 1.94. The molecule has 2 rings (SSSR count). The van der Waals surface area contributed by atoms with E-state index in [0.717, 1.165) is 18.2 Å². The van der Waals surface area contributed by atoms with Crippen LogP contribution in [0.4, 0.5) is 0 Å². The summed E-state index contributed by atoms with van der Waals surface area (Å²) in [5, 5.41) is 0. The Hall–Kier alpha value is -0.890. The topological polar surface area (TPSA) is 16.1 Å². The third kappa shape index (κ3) is 2.07. The van der Waals surface area contributed by atoms with E-state index < -0.39 is 0 Å². The molecule has 0 radical (unpaired) electrons. The van der Waals surface area contributed by atoms with Crippen LogP contribution in [-0.4, -0.2) is 23.0 Å². The molecule has 1 fully saturated rings. The molecule has 13 heavy (non-hydrogen) atoms. The quantitative estimate of drug-likeness (QED) is 0.683. The van der Waals surface area contributed by atoms with Gasteiger partial charge in [0, 0.05) is 25.3 Å². The van der Waals surface area contributed by atoms with E-state index in [9.17, 15) is 0 Å². The maximum atomic E-state index is 4.48. The van der Waals surface area contributed by atoms with Crippen LogP contribution in [0.2, 0.25) is 0 Å². The highest BCUT2D eigenvalue weighted by atomic mass is 15.2. The number of likely N-dealkylation sites (tertiary alicyclic amines) is 1. The molecule has 2 heteroatoms. The minimum Gasteiger partial charge on any atom is -0.297 e. The normalized spacial score (nSPS) is 18.6. The predicted octanol–water partition coefficient (Wildman–Crippen LogP) is 1.84. The Bertz CT molecular complexity index is 290. The summed E-state index contributed by atoms with van der Waals surface area (Å²) in [6.07, 6.45) is 0. The molecule has 2 nitrogen and oxygen atoms in total. The second kappa shape index (κ2) is 3.46. The SMILES string of the molecule is Cc1cccc(CN2CC(C)C2)n1. The minimum atomic E-state index is 0.879. The molecule has 70 valence electrons. The fourth-order valence-electron chi connectivity index (χ4n) is 1.87. The van der Waals surface area contributed by atoms with Crippen LogP contribution in [0, 0.1) is 12.8 Å².